The summed E-state index contributed by atoms with van der Waals surface area (Å²) < 4.78 is 28.8. The number of anilines is 1. The third-order valence-corrected chi connectivity index (χ3v) is 7.51. The zero-order valence-electron chi connectivity index (χ0n) is 17.4. The molecule has 9 heteroatoms. The molecule has 2 amide bonds. The Morgan fingerprint density at radius 2 is 1.81 bits per heavy atom. The molecule has 0 aromatic heterocycles. The van der Waals surface area contributed by atoms with Crippen LogP contribution in [-0.4, -0.2) is 44.3 Å². The second-order valence-corrected chi connectivity index (χ2v) is 9.60. The molecule has 1 atom stereocenters. The van der Waals surface area contributed by atoms with Gasteiger partial charge in [0.25, 0.3) is 0 Å². The number of sulfonamides is 1. The maximum absolute atomic E-state index is 13.2. The van der Waals surface area contributed by atoms with Gasteiger partial charge >= 0.3 is 0 Å². The van der Waals surface area contributed by atoms with E-state index in [-0.39, 0.29) is 23.3 Å². The number of nitrogens with two attached hydrogens (primary N) is 1. The number of nitrogens with one attached hydrogen (secondary N) is 1. The Hall–Kier alpha value is -2.75. The van der Waals surface area contributed by atoms with Crippen LogP contribution >= 0.6 is 0 Å². The summed E-state index contributed by atoms with van der Waals surface area (Å²) in [4.78, 5) is 28.4. The monoisotopic (exact) mass is 442 g/mol. The van der Waals surface area contributed by atoms with Gasteiger partial charge in [0.15, 0.2) is 0 Å². The number of rotatable bonds is 6. The largest absolute Gasteiger partial charge is 0.333 e. The van der Waals surface area contributed by atoms with E-state index in [0.717, 1.165) is 17.5 Å². The lowest BCUT2D eigenvalue weighted by molar-refractivity contribution is -0.133. The van der Waals surface area contributed by atoms with E-state index in [2.05, 4.69) is 4.72 Å². The van der Waals surface area contributed by atoms with Crippen molar-refractivity contribution in [1.82, 2.24) is 9.62 Å². The molecule has 0 saturated carbocycles. The number of carbonyl (C=O) groups is 2. The highest BCUT2D eigenvalue weighted by molar-refractivity contribution is 7.89. The van der Waals surface area contributed by atoms with Gasteiger partial charge in [0.05, 0.1) is 4.90 Å². The fourth-order valence-electron chi connectivity index (χ4n) is 4.25. The molecule has 2 aliphatic heterocycles. The number of benzene rings is 2. The molecule has 0 bridgehead atoms. The van der Waals surface area contributed by atoms with E-state index in [1.165, 1.54) is 6.07 Å². The first-order chi connectivity index (χ1) is 14.8. The molecule has 1 fully saturated rings. The van der Waals surface area contributed by atoms with Gasteiger partial charge in [0.1, 0.15) is 6.04 Å². The molecule has 0 unspecified atom stereocenters. The number of amides is 2. The normalized spacial score (nSPS) is 17.2. The Kier molecular flexibility index (Phi) is 5.83. The molecule has 31 heavy (non-hydrogen) atoms. The van der Waals surface area contributed by atoms with Gasteiger partial charge in [-0.25, -0.2) is 8.42 Å². The van der Waals surface area contributed by atoms with Crippen LogP contribution in [0.15, 0.2) is 47.4 Å². The van der Waals surface area contributed by atoms with E-state index < -0.39 is 16.1 Å². The molecule has 1 saturated heterocycles. The highest BCUT2D eigenvalue weighted by atomic mass is 32.2. The van der Waals surface area contributed by atoms with Crippen LogP contribution in [0.4, 0.5) is 5.69 Å². The maximum atomic E-state index is 13.2. The molecule has 0 radical (unpaired) electrons. The van der Waals surface area contributed by atoms with E-state index in [1.54, 1.807) is 28.9 Å². The van der Waals surface area contributed by atoms with Gasteiger partial charge in [-0.15, -0.1) is 0 Å². The Bertz CT molecular complexity index is 1110. The van der Waals surface area contributed by atoms with Gasteiger partial charge in [0.2, 0.25) is 21.8 Å². The van der Waals surface area contributed by atoms with Gasteiger partial charge in [-0.3, -0.25) is 9.59 Å². The predicted octanol–water partition coefficient (Wildman–Crippen LogP) is 1.27. The summed E-state index contributed by atoms with van der Waals surface area (Å²) in [6, 6.07) is 11.5. The van der Waals surface area contributed by atoms with Gasteiger partial charge in [-0.05, 0) is 42.2 Å². The maximum Gasteiger partial charge on any atom is 0.242 e. The Balaban J connectivity index is 1.55. The number of fused-ring (bicyclic) bond motifs is 1. The minimum atomic E-state index is -4.03. The predicted molar refractivity (Wildman–Crippen MR) is 117 cm³/mol. The summed E-state index contributed by atoms with van der Waals surface area (Å²) in [5.74, 6) is -0.375. The summed E-state index contributed by atoms with van der Waals surface area (Å²) in [6.45, 7) is 2.94. The Morgan fingerprint density at radius 1 is 1.13 bits per heavy atom. The first-order valence-electron chi connectivity index (χ1n) is 10.3. The van der Waals surface area contributed by atoms with E-state index in [0.29, 0.717) is 37.3 Å². The molecule has 0 aliphatic carbocycles. The van der Waals surface area contributed by atoms with Crippen LogP contribution < -0.4 is 15.4 Å². The van der Waals surface area contributed by atoms with Gasteiger partial charge in [-0.1, -0.05) is 30.3 Å². The van der Waals surface area contributed by atoms with Gasteiger partial charge in [0, 0.05) is 38.3 Å². The average molecular weight is 443 g/mol. The third-order valence-electron chi connectivity index (χ3n) is 5.89. The zero-order chi connectivity index (χ0) is 22.2. The van der Waals surface area contributed by atoms with Crippen molar-refractivity contribution in [2.45, 2.75) is 43.8 Å². The molecule has 0 spiro atoms. The second kappa shape index (κ2) is 8.41. The molecule has 8 nitrogen and oxygen atoms in total. The standard InChI is InChI=1S/C22H26N4O4S/c1-15-19(26-11-5-10-21(26)27)8-4-9-20(15)31(29,30)24-18(12-23)22(28)25-13-16-6-2-3-7-17(16)14-25/h2-4,6-9,18,24H,5,10-14,23H2,1H3/t18-/m0/s1. The first-order valence-corrected chi connectivity index (χ1v) is 11.8. The molecule has 4 rings (SSSR count). The second-order valence-electron chi connectivity index (χ2n) is 7.92. The third kappa shape index (κ3) is 4.08. The Morgan fingerprint density at radius 3 is 2.39 bits per heavy atom. The van der Waals surface area contributed by atoms with E-state index in [4.69, 9.17) is 5.73 Å². The van der Waals surface area contributed by atoms with Crippen molar-refractivity contribution in [2.24, 2.45) is 5.73 Å². The molecular formula is C22H26N4O4S. The van der Waals surface area contributed by atoms with E-state index in [1.807, 2.05) is 24.3 Å². The minimum absolute atomic E-state index is 0.0192. The topological polar surface area (TPSA) is 113 Å². The lowest BCUT2D eigenvalue weighted by atomic mass is 10.1. The number of hydrogen-bond donors (Lipinski definition) is 2. The quantitative estimate of drug-likeness (QED) is 0.700. The molecule has 2 aromatic carbocycles. The first kappa shape index (κ1) is 21.5. The molecule has 2 aliphatic rings. The van der Waals surface area contributed by atoms with Crippen molar-refractivity contribution >= 4 is 27.5 Å². The van der Waals surface area contributed by atoms with Crippen LogP contribution in [0, 0.1) is 6.92 Å². The minimum Gasteiger partial charge on any atom is -0.333 e. The summed E-state index contributed by atoms with van der Waals surface area (Å²) >= 11 is 0. The van der Waals surface area contributed by atoms with Gasteiger partial charge < -0.3 is 15.5 Å². The summed E-state index contributed by atoms with van der Waals surface area (Å²) in [5, 5.41) is 0. The van der Waals surface area contributed by atoms with E-state index >= 15 is 0 Å². The summed E-state index contributed by atoms with van der Waals surface area (Å²) in [6.07, 6.45) is 1.20. The lowest BCUT2D eigenvalue weighted by Gasteiger charge is -2.24. The molecule has 2 aromatic rings. The van der Waals surface area contributed by atoms with Crippen molar-refractivity contribution < 1.29 is 18.0 Å². The van der Waals surface area contributed by atoms with Crippen molar-refractivity contribution in [3.63, 3.8) is 0 Å². The highest BCUT2D eigenvalue weighted by Gasteiger charge is 2.33. The molecular weight excluding hydrogens is 416 g/mol. The Labute approximate surface area is 182 Å². The van der Waals surface area contributed by atoms with Crippen LogP contribution in [0.5, 0.6) is 0 Å². The van der Waals surface area contributed by atoms with Crippen molar-refractivity contribution in [3.8, 4) is 0 Å². The molecule has 2 heterocycles. The number of carbonyl (C=O) groups excluding carboxylic acids is 2. The average Bonchev–Trinajstić information content (AvgIpc) is 3.37. The van der Waals surface area contributed by atoms with Crippen LogP contribution in [0.1, 0.15) is 29.5 Å². The van der Waals surface area contributed by atoms with Crippen molar-refractivity contribution in [3.05, 3.63) is 59.2 Å². The zero-order valence-corrected chi connectivity index (χ0v) is 18.2. The van der Waals surface area contributed by atoms with Crippen LogP contribution in [0.25, 0.3) is 0 Å². The smallest absolute Gasteiger partial charge is 0.242 e. The number of nitrogens with zero attached hydrogens (tertiary/aromatic N) is 2. The lowest BCUT2D eigenvalue weighted by Crippen LogP contribution is -2.51. The van der Waals surface area contributed by atoms with Crippen LogP contribution in [0.2, 0.25) is 0 Å². The fraction of sp³-hybridized carbons (Fsp3) is 0.364. The van der Waals surface area contributed by atoms with Gasteiger partial charge in [-0.2, -0.15) is 4.72 Å². The highest BCUT2D eigenvalue weighted by Crippen LogP contribution is 2.30. The van der Waals surface area contributed by atoms with Crippen molar-refractivity contribution in [2.75, 3.05) is 18.0 Å². The van der Waals surface area contributed by atoms with Crippen LogP contribution in [-0.2, 0) is 32.7 Å². The number of hydrogen-bond acceptors (Lipinski definition) is 5. The summed E-state index contributed by atoms with van der Waals surface area (Å²) in [7, 11) is -4.03. The SMILES string of the molecule is Cc1c(N2CCCC2=O)cccc1S(=O)(=O)N[C@@H](CN)C(=O)N1Cc2ccccc2C1. The van der Waals surface area contributed by atoms with Crippen LogP contribution in [0.3, 0.4) is 0 Å². The molecule has 164 valence electrons. The molecule has 3 N–H and O–H groups in total. The summed E-state index contributed by atoms with van der Waals surface area (Å²) in [5.41, 5.74) is 8.94. The fourth-order valence-corrected chi connectivity index (χ4v) is 5.71. The van der Waals surface area contributed by atoms with Crippen molar-refractivity contribution in [1.29, 1.82) is 0 Å². The van der Waals surface area contributed by atoms with E-state index in [9.17, 15) is 18.0 Å².